The highest BCUT2D eigenvalue weighted by Crippen LogP contribution is 2.18. The summed E-state index contributed by atoms with van der Waals surface area (Å²) in [5.41, 5.74) is 6.68. The van der Waals surface area contributed by atoms with E-state index >= 15 is 0 Å². The SMILES string of the molecule is COC1CCN(C(=O)c2cnccc2N)C1. The zero-order valence-corrected chi connectivity index (χ0v) is 9.22. The van der Waals surface area contributed by atoms with Crippen molar-refractivity contribution in [3.63, 3.8) is 0 Å². The van der Waals surface area contributed by atoms with Crippen LogP contribution >= 0.6 is 0 Å². The molecule has 5 heteroatoms. The minimum atomic E-state index is -0.0647. The van der Waals surface area contributed by atoms with Gasteiger partial charge in [0.05, 0.1) is 11.7 Å². The molecule has 0 radical (unpaired) electrons. The van der Waals surface area contributed by atoms with Crippen LogP contribution in [-0.2, 0) is 4.74 Å². The molecule has 1 amide bonds. The van der Waals surface area contributed by atoms with E-state index < -0.39 is 0 Å². The van der Waals surface area contributed by atoms with Crippen molar-refractivity contribution in [3.05, 3.63) is 24.0 Å². The van der Waals surface area contributed by atoms with Gasteiger partial charge >= 0.3 is 0 Å². The number of pyridine rings is 1. The minimum absolute atomic E-state index is 0.0647. The average molecular weight is 221 g/mol. The Balaban J connectivity index is 2.12. The zero-order valence-electron chi connectivity index (χ0n) is 9.22. The van der Waals surface area contributed by atoms with Crippen LogP contribution in [0.3, 0.4) is 0 Å². The van der Waals surface area contributed by atoms with Crippen molar-refractivity contribution >= 4 is 11.6 Å². The number of carbonyl (C=O) groups excluding carboxylic acids is 1. The van der Waals surface area contributed by atoms with Gasteiger partial charge in [0, 0.05) is 38.3 Å². The molecule has 0 aromatic carbocycles. The first kappa shape index (κ1) is 10.9. The molecule has 86 valence electrons. The van der Waals surface area contributed by atoms with Gasteiger partial charge in [0.1, 0.15) is 0 Å². The number of anilines is 1. The molecule has 1 aliphatic rings. The van der Waals surface area contributed by atoms with Crippen LogP contribution in [0.5, 0.6) is 0 Å². The van der Waals surface area contributed by atoms with Crippen molar-refractivity contribution in [2.75, 3.05) is 25.9 Å². The molecule has 1 saturated heterocycles. The third-order valence-electron chi connectivity index (χ3n) is 2.85. The van der Waals surface area contributed by atoms with E-state index in [1.54, 1.807) is 24.3 Å². The number of ether oxygens (including phenoxy) is 1. The normalized spacial score (nSPS) is 20.1. The molecule has 1 aromatic rings. The fraction of sp³-hybridized carbons (Fsp3) is 0.455. The summed E-state index contributed by atoms with van der Waals surface area (Å²) in [5, 5.41) is 0. The molecule has 1 unspecified atom stereocenters. The molecule has 0 bridgehead atoms. The minimum Gasteiger partial charge on any atom is -0.398 e. The number of nitrogens with zero attached hydrogens (tertiary/aromatic N) is 2. The highest BCUT2D eigenvalue weighted by Gasteiger charge is 2.27. The van der Waals surface area contributed by atoms with Crippen LogP contribution in [0.15, 0.2) is 18.5 Å². The van der Waals surface area contributed by atoms with Crippen LogP contribution in [0.25, 0.3) is 0 Å². The molecule has 1 fully saturated rings. The molecule has 5 nitrogen and oxygen atoms in total. The number of likely N-dealkylation sites (tertiary alicyclic amines) is 1. The van der Waals surface area contributed by atoms with Crippen molar-refractivity contribution in [2.24, 2.45) is 0 Å². The molecule has 2 rings (SSSR count). The van der Waals surface area contributed by atoms with Crippen molar-refractivity contribution in [1.82, 2.24) is 9.88 Å². The Kier molecular flexibility index (Phi) is 3.05. The fourth-order valence-corrected chi connectivity index (χ4v) is 1.86. The summed E-state index contributed by atoms with van der Waals surface area (Å²) in [6.45, 7) is 1.34. The average Bonchev–Trinajstić information content (AvgIpc) is 2.77. The van der Waals surface area contributed by atoms with Gasteiger partial charge in [-0.3, -0.25) is 9.78 Å². The lowest BCUT2D eigenvalue weighted by Gasteiger charge is -2.16. The van der Waals surface area contributed by atoms with E-state index in [1.165, 1.54) is 6.20 Å². The van der Waals surface area contributed by atoms with E-state index in [9.17, 15) is 4.79 Å². The number of nitrogens with two attached hydrogens (primary N) is 1. The first-order chi connectivity index (χ1) is 7.72. The third-order valence-corrected chi connectivity index (χ3v) is 2.85. The van der Waals surface area contributed by atoms with Gasteiger partial charge in [-0.05, 0) is 12.5 Å². The highest BCUT2D eigenvalue weighted by molar-refractivity contribution is 5.98. The van der Waals surface area contributed by atoms with Crippen LogP contribution in [0.1, 0.15) is 16.8 Å². The summed E-state index contributed by atoms with van der Waals surface area (Å²) in [7, 11) is 1.66. The maximum Gasteiger partial charge on any atom is 0.257 e. The second kappa shape index (κ2) is 4.49. The lowest BCUT2D eigenvalue weighted by atomic mass is 10.2. The van der Waals surface area contributed by atoms with Gasteiger partial charge in [0.15, 0.2) is 0 Å². The van der Waals surface area contributed by atoms with E-state index in [0.29, 0.717) is 24.3 Å². The van der Waals surface area contributed by atoms with E-state index in [2.05, 4.69) is 4.98 Å². The number of methoxy groups -OCH3 is 1. The number of carbonyl (C=O) groups is 1. The summed E-state index contributed by atoms with van der Waals surface area (Å²) in [6.07, 6.45) is 4.11. The number of rotatable bonds is 2. The van der Waals surface area contributed by atoms with Crippen LogP contribution in [0.4, 0.5) is 5.69 Å². The number of amides is 1. The van der Waals surface area contributed by atoms with E-state index in [-0.39, 0.29) is 12.0 Å². The Bertz CT molecular complexity index is 395. The lowest BCUT2D eigenvalue weighted by molar-refractivity contribution is 0.0724. The maximum absolute atomic E-state index is 12.1. The Hall–Kier alpha value is -1.62. The van der Waals surface area contributed by atoms with Gasteiger partial charge in [0.25, 0.3) is 5.91 Å². The second-order valence-corrected chi connectivity index (χ2v) is 3.86. The monoisotopic (exact) mass is 221 g/mol. The molecule has 16 heavy (non-hydrogen) atoms. The molecule has 0 spiro atoms. The highest BCUT2D eigenvalue weighted by atomic mass is 16.5. The first-order valence-electron chi connectivity index (χ1n) is 5.24. The molecular weight excluding hydrogens is 206 g/mol. The van der Waals surface area contributed by atoms with Crippen molar-refractivity contribution in [3.8, 4) is 0 Å². The Morgan fingerprint density at radius 2 is 2.50 bits per heavy atom. The van der Waals surface area contributed by atoms with Crippen molar-refractivity contribution < 1.29 is 9.53 Å². The summed E-state index contributed by atoms with van der Waals surface area (Å²) in [6, 6.07) is 1.64. The van der Waals surface area contributed by atoms with Gasteiger partial charge in [0.2, 0.25) is 0 Å². The smallest absolute Gasteiger partial charge is 0.257 e. The fourth-order valence-electron chi connectivity index (χ4n) is 1.86. The molecule has 1 aromatic heterocycles. The van der Waals surface area contributed by atoms with Gasteiger partial charge in [-0.2, -0.15) is 0 Å². The number of hydrogen-bond donors (Lipinski definition) is 1. The lowest BCUT2D eigenvalue weighted by Crippen LogP contribution is -2.30. The van der Waals surface area contributed by atoms with E-state index in [4.69, 9.17) is 10.5 Å². The molecule has 1 atom stereocenters. The summed E-state index contributed by atoms with van der Waals surface area (Å²) >= 11 is 0. The van der Waals surface area contributed by atoms with E-state index in [1.807, 2.05) is 0 Å². The predicted molar refractivity (Wildman–Crippen MR) is 60.0 cm³/mol. The predicted octanol–water partition coefficient (Wildman–Crippen LogP) is 0.525. The zero-order chi connectivity index (χ0) is 11.5. The molecule has 2 heterocycles. The molecule has 1 aliphatic heterocycles. The summed E-state index contributed by atoms with van der Waals surface area (Å²) in [4.78, 5) is 17.7. The van der Waals surface area contributed by atoms with Crippen LogP contribution in [0, 0.1) is 0 Å². The van der Waals surface area contributed by atoms with Gasteiger partial charge in [-0.25, -0.2) is 0 Å². The second-order valence-electron chi connectivity index (χ2n) is 3.86. The van der Waals surface area contributed by atoms with Gasteiger partial charge in [-0.1, -0.05) is 0 Å². The topological polar surface area (TPSA) is 68.5 Å². The van der Waals surface area contributed by atoms with Crippen molar-refractivity contribution in [1.29, 1.82) is 0 Å². The molecule has 0 aliphatic carbocycles. The van der Waals surface area contributed by atoms with E-state index in [0.717, 1.165) is 6.42 Å². The van der Waals surface area contributed by atoms with Gasteiger partial charge in [-0.15, -0.1) is 0 Å². The number of hydrogen-bond acceptors (Lipinski definition) is 4. The van der Waals surface area contributed by atoms with Crippen molar-refractivity contribution in [2.45, 2.75) is 12.5 Å². The molecule has 0 saturated carbocycles. The Labute approximate surface area is 94.2 Å². The molecule has 2 N–H and O–H groups in total. The standard InChI is InChI=1S/C11H15N3O2/c1-16-8-3-5-14(7-8)11(15)9-6-13-4-2-10(9)12/h2,4,6,8H,3,5,7H2,1H3,(H2,12,13). The maximum atomic E-state index is 12.1. The largest absolute Gasteiger partial charge is 0.398 e. The Morgan fingerprint density at radius 3 is 3.12 bits per heavy atom. The van der Waals surface area contributed by atoms with Crippen LogP contribution < -0.4 is 5.73 Å². The van der Waals surface area contributed by atoms with Gasteiger partial charge < -0.3 is 15.4 Å². The third kappa shape index (κ3) is 1.99. The first-order valence-corrected chi connectivity index (χ1v) is 5.24. The Morgan fingerprint density at radius 1 is 1.69 bits per heavy atom. The van der Waals surface area contributed by atoms with Crippen LogP contribution in [0.2, 0.25) is 0 Å². The summed E-state index contributed by atoms with van der Waals surface area (Å²) < 4.78 is 5.22. The number of nitrogen functional groups attached to an aromatic ring is 1. The quantitative estimate of drug-likeness (QED) is 0.790. The number of aromatic nitrogens is 1. The molecular formula is C11H15N3O2. The van der Waals surface area contributed by atoms with Crippen LogP contribution in [-0.4, -0.2) is 42.1 Å². The summed E-state index contributed by atoms with van der Waals surface area (Å²) in [5.74, 6) is -0.0647.